The Bertz CT molecular complexity index is 648. The zero-order valence-corrected chi connectivity index (χ0v) is 10.6. The summed E-state index contributed by atoms with van der Waals surface area (Å²) in [5.74, 6) is 0.0642. The topological polar surface area (TPSA) is 104 Å². The molecule has 8 heteroatoms. The zero-order chi connectivity index (χ0) is 14.0. The smallest absolute Gasteiger partial charge is 0.313 e. The van der Waals surface area contributed by atoms with Crippen molar-refractivity contribution in [1.82, 2.24) is 9.97 Å². The summed E-state index contributed by atoms with van der Waals surface area (Å²) in [6.07, 6.45) is 1.46. The fourth-order valence-corrected chi connectivity index (χ4v) is 1.59. The Kier molecular flexibility index (Phi) is 3.48. The van der Waals surface area contributed by atoms with Crippen LogP contribution in [0.2, 0.25) is 5.02 Å². The number of rotatable bonds is 3. The molecule has 0 spiro atoms. The fourth-order valence-electron chi connectivity index (χ4n) is 1.38. The standard InChI is InChI=1S/C11H9ClN4O3/c1-6-5-14-11(13)15-10(6)19-9-7(12)3-2-4-8(9)16(17)18/h2-5H,1H3,(H2,13,14,15). The molecule has 2 N–H and O–H groups in total. The normalized spacial score (nSPS) is 10.2. The lowest BCUT2D eigenvalue weighted by atomic mass is 10.3. The molecule has 2 rings (SSSR count). The highest BCUT2D eigenvalue weighted by Crippen LogP contribution is 2.37. The number of nitrogens with two attached hydrogens (primary N) is 1. The maximum absolute atomic E-state index is 10.9. The number of para-hydroxylation sites is 1. The van der Waals surface area contributed by atoms with Gasteiger partial charge in [-0.15, -0.1) is 0 Å². The third-order valence-corrected chi connectivity index (χ3v) is 2.58. The van der Waals surface area contributed by atoms with E-state index in [0.717, 1.165) is 0 Å². The second-order valence-electron chi connectivity index (χ2n) is 3.66. The van der Waals surface area contributed by atoms with Crippen molar-refractivity contribution in [1.29, 1.82) is 0 Å². The lowest BCUT2D eigenvalue weighted by molar-refractivity contribution is -0.385. The molecule has 1 aromatic heterocycles. The van der Waals surface area contributed by atoms with Crippen LogP contribution in [0.1, 0.15) is 5.56 Å². The zero-order valence-electron chi connectivity index (χ0n) is 9.83. The van der Waals surface area contributed by atoms with Crippen LogP contribution in [0.5, 0.6) is 11.6 Å². The highest BCUT2D eigenvalue weighted by atomic mass is 35.5. The van der Waals surface area contributed by atoms with E-state index in [1.54, 1.807) is 6.92 Å². The first-order valence-corrected chi connectivity index (χ1v) is 5.56. The van der Waals surface area contributed by atoms with Crippen molar-refractivity contribution >= 4 is 23.2 Å². The molecular weight excluding hydrogens is 272 g/mol. The average molecular weight is 281 g/mol. The van der Waals surface area contributed by atoms with Crippen LogP contribution in [0.3, 0.4) is 0 Å². The van der Waals surface area contributed by atoms with Gasteiger partial charge in [-0.3, -0.25) is 10.1 Å². The molecule has 1 heterocycles. The van der Waals surface area contributed by atoms with Crippen LogP contribution in [0.15, 0.2) is 24.4 Å². The Morgan fingerprint density at radius 3 is 2.89 bits per heavy atom. The molecule has 0 aliphatic carbocycles. The lowest BCUT2D eigenvalue weighted by Gasteiger charge is -2.09. The number of nitro groups is 1. The van der Waals surface area contributed by atoms with Gasteiger partial charge < -0.3 is 10.5 Å². The summed E-state index contributed by atoms with van der Waals surface area (Å²) in [5.41, 5.74) is 5.79. The minimum Gasteiger partial charge on any atom is -0.430 e. The fraction of sp³-hybridized carbons (Fsp3) is 0.0909. The Morgan fingerprint density at radius 1 is 1.47 bits per heavy atom. The van der Waals surface area contributed by atoms with Gasteiger partial charge in [-0.1, -0.05) is 17.7 Å². The molecule has 7 nitrogen and oxygen atoms in total. The van der Waals surface area contributed by atoms with Crippen molar-refractivity contribution in [2.24, 2.45) is 0 Å². The molecule has 0 aliphatic rings. The van der Waals surface area contributed by atoms with Crippen LogP contribution in [0.25, 0.3) is 0 Å². The molecule has 0 saturated carbocycles. The van der Waals surface area contributed by atoms with Crippen molar-refractivity contribution < 1.29 is 9.66 Å². The van der Waals surface area contributed by atoms with E-state index in [-0.39, 0.29) is 28.3 Å². The van der Waals surface area contributed by atoms with Gasteiger partial charge in [-0.2, -0.15) is 4.98 Å². The number of anilines is 1. The maximum atomic E-state index is 10.9. The van der Waals surface area contributed by atoms with Crippen molar-refractivity contribution in [2.45, 2.75) is 6.92 Å². The van der Waals surface area contributed by atoms with Crippen LogP contribution >= 0.6 is 11.6 Å². The molecule has 1 aromatic carbocycles. The van der Waals surface area contributed by atoms with Crippen molar-refractivity contribution in [3.8, 4) is 11.6 Å². The minimum atomic E-state index is -0.582. The SMILES string of the molecule is Cc1cnc(N)nc1Oc1c(Cl)cccc1[N+](=O)[O-]. The number of aromatic nitrogens is 2. The van der Waals surface area contributed by atoms with E-state index in [0.29, 0.717) is 5.56 Å². The van der Waals surface area contributed by atoms with Crippen molar-refractivity contribution in [3.63, 3.8) is 0 Å². The summed E-state index contributed by atoms with van der Waals surface area (Å²) in [5, 5.41) is 11.0. The largest absolute Gasteiger partial charge is 0.430 e. The predicted molar refractivity (Wildman–Crippen MR) is 69.4 cm³/mol. The van der Waals surface area contributed by atoms with E-state index in [9.17, 15) is 10.1 Å². The minimum absolute atomic E-state index is 0.00954. The number of hydrogen-bond acceptors (Lipinski definition) is 6. The number of halogens is 1. The number of benzene rings is 1. The monoisotopic (exact) mass is 280 g/mol. The van der Waals surface area contributed by atoms with Gasteiger partial charge in [0.25, 0.3) is 0 Å². The van der Waals surface area contributed by atoms with Crippen LogP contribution < -0.4 is 10.5 Å². The molecule has 0 unspecified atom stereocenters. The molecule has 0 bridgehead atoms. The van der Waals surface area contributed by atoms with Crippen LogP contribution in [0, 0.1) is 17.0 Å². The Labute approximate surface area is 113 Å². The Hall–Kier alpha value is -2.41. The first kappa shape index (κ1) is 13.0. The molecule has 0 atom stereocenters. The average Bonchev–Trinajstić information content (AvgIpc) is 2.35. The number of nitro benzene ring substituents is 1. The molecule has 0 aliphatic heterocycles. The maximum Gasteiger partial charge on any atom is 0.313 e. The van der Waals surface area contributed by atoms with Gasteiger partial charge in [0.15, 0.2) is 0 Å². The molecular formula is C11H9ClN4O3. The highest BCUT2D eigenvalue weighted by molar-refractivity contribution is 6.32. The first-order valence-electron chi connectivity index (χ1n) is 5.19. The Morgan fingerprint density at radius 2 is 2.21 bits per heavy atom. The highest BCUT2D eigenvalue weighted by Gasteiger charge is 2.20. The van der Waals surface area contributed by atoms with Crippen molar-refractivity contribution in [3.05, 3.63) is 45.1 Å². The van der Waals surface area contributed by atoms with E-state index >= 15 is 0 Å². The number of aryl methyl sites for hydroxylation is 1. The van der Waals surface area contributed by atoms with Crippen molar-refractivity contribution in [2.75, 3.05) is 5.73 Å². The van der Waals surface area contributed by atoms with E-state index in [2.05, 4.69) is 9.97 Å². The number of ether oxygens (including phenoxy) is 1. The summed E-state index contributed by atoms with van der Waals surface area (Å²) < 4.78 is 5.41. The number of nitrogens with zero attached hydrogens (tertiary/aromatic N) is 3. The first-order chi connectivity index (χ1) is 8.99. The summed E-state index contributed by atoms with van der Waals surface area (Å²) >= 11 is 5.91. The van der Waals surface area contributed by atoms with E-state index in [1.807, 2.05) is 0 Å². The second-order valence-corrected chi connectivity index (χ2v) is 4.07. The van der Waals surface area contributed by atoms with E-state index in [1.165, 1.54) is 24.4 Å². The number of hydrogen-bond donors (Lipinski definition) is 1. The quantitative estimate of drug-likeness (QED) is 0.684. The van der Waals surface area contributed by atoms with Crippen LogP contribution in [-0.2, 0) is 0 Å². The van der Waals surface area contributed by atoms with Gasteiger partial charge in [-0.25, -0.2) is 4.98 Å². The second kappa shape index (κ2) is 5.07. The summed E-state index contributed by atoms with van der Waals surface area (Å²) in [6.45, 7) is 1.69. The van der Waals surface area contributed by atoms with Gasteiger partial charge in [0.2, 0.25) is 17.6 Å². The molecule has 0 saturated heterocycles. The van der Waals surface area contributed by atoms with Crippen LogP contribution in [-0.4, -0.2) is 14.9 Å². The molecule has 0 amide bonds. The molecule has 2 aromatic rings. The molecule has 19 heavy (non-hydrogen) atoms. The van der Waals surface area contributed by atoms with Gasteiger partial charge in [0.05, 0.1) is 9.95 Å². The molecule has 0 fully saturated rings. The molecule has 98 valence electrons. The van der Waals surface area contributed by atoms with Gasteiger partial charge in [-0.05, 0) is 13.0 Å². The van der Waals surface area contributed by atoms with Crippen LogP contribution in [0.4, 0.5) is 11.6 Å². The summed E-state index contributed by atoms with van der Waals surface area (Å²) in [4.78, 5) is 18.0. The van der Waals surface area contributed by atoms with Gasteiger partial charge in [0, 0.05) is 17.8 Å². The van der Waals surface area contributed by atoms with E-state index in [4.69, 9.17) is 22.1 Å². The third kappa shape index (κ3) is 2.71. The van der Waals surface area contributed by atoms with Gasteiger partial charge in [0.1, 0.15) is 0 Å². The summed E-state index contributed by atoms with van der Waals surface area (Å²) in [7, 11) is 0. The molecule has 0 radical (unpaired) electrons. The van der Waals surface area contributed by atoms with E-state index < -0.39 is 4.92 Å². The lowest BCUT2D eigenvalue weighted by Crippen LogP contribution is -2.00. The summed E-state index contributed by atoms with van der Waals surface area (Å²) in [6, 6.07) is 4.25. The predicted octanol–water partition coefficient (Wildman–Crippen LogP) is 2.72. The third-order valence-electron chi connectivity index (χ3n) is 2.29. The van der Waals surface area contributed by atoms with Gasteiger partial charge >= 0.3 is 5.69 Å². The Balaban J connectivity index is 2.49. The number of nitrogen functional groups attached to an aromatic ring is 1.